The Kier molecular flexibility index (Phi) is 5.23. The summed E-state index contributed by atoms with van der Waals surface area (Å²) in [4.78, 5) is 33.0. The first-order chi connectivity index (χ1) is 9.72. The van der Waals surface area contributed by atoms with Gasteiger partial charge in [-0.1, -0.05) is 19.9 Å². The van der Waals surface area contributed by atoms with Crippen LogP contribution in [0, 0.1) is 23.0 Å². The van der Waals surface area contributed by atoms with Crippen molar-refractivity contribution in [2.45, 2.75) is 26.9 Å². The molecule has 0 bridgehead atoms. The quantitative estimate of drug-likeness (QED) is 0.629. The summed E-state index contributed by atoms with van der Waals surface area (Å²) in [5.74, 6) is -1.10. The van der Waals surface area contributed by atoms with Crippen LogP contribution < -0.4 is 15.8 Å². The molecule has 3 N–H and O–H groups in total. The summed E-state index contributed by atoms with van der Waals surface area (Å²) in [5, 5.41) is 12.9. The van der Waals surface area contributed by atoms with Crippen molar-refractivity contribution in [3.63, 3.8) is 0 Å². The van der Waals surface area contributed by atoms with Crippen LogP contribution in [0.15, 0.2) is 18.2 Å². The molecule has 1 atom stereocenters. The van der Waals surface area contributed by atoms with Crippen LogP contribution in [0.1, 0.15) is 19.4 Å². The number of rotatable bonds is 5. The lowest BCUT2D eigenvalue weighted by Crippen LogP contribution is -2.46. The molecule has 1 aromatic rings. The molecule has 8 heteroatoms. The second-order valence-corrected chi connectivity index (χ2v) is 4.86. The number of carbonyl (C=O) groups is 2. The predicted molar refractivity (Wildman–Crippen MR) is 74.8 cm³/mol. The zero-order valence-electron chi connectivity index (χ0n) is 12.0. The van der Waals surface area contributed by atoms with Gasteiger partial charge < -0.3 is 10.5 Å². The van der Waals surface area contributed by atoms with E-state index in [0.29, 0.717) is 5.56 Å². The van der Waals surface area contributed by atoms with Crippen LogP contribution in [-0.4, -0.2) is 23.0 Å². The van der Waals surface area contributed by atoms with E-state index in [1.54, 1.807) is 26.8 Å². The highest BCUT2D eigenvalue weighted by atomic mass is 16.6. The van der Waals surface area contributed by atoms with Gasteiger partial charge in [-0.3, -0.25) is 20.2 Å². The van der Waals surface area contributed by atoms with Crippen molar-refractivity contribution < 1.29 is 19.2 Å². The summed E-state index contributed by atoms with van der Waals surface area (Å²) in [5.41, 5.74) is 5.34. The normalized spacial score (nSPS) is 11.8. The largest absolute Gasteiger partial charge is 0.473 e. The van der Waals surface area contributed by atoms with E-state index in [0.717, 1.165) is 0 Å². The fourth-order valence-corrected chi connectivity index (χ4v) is 1.69. The first-order valence-electron chi connectivity index (χ1n) is 6.24. The molecule has 0 aliphatic carbocycles. The Balaban J connectivity index is 3.07. The maximum Gasteiger partial charge on any atom is 0.318 e. The molecular weight excluding hydrogens is 278 g/mol. The minimum Gasteiger partial charge on any atom is -0.473 e. The van der Waals surface area contributed by atoms with Crippen molar-refractivity contribution in [2.24, 2.45) is 11.7 Å². The number of imide groups is 1. The van der Waals surface area contributed by atoms with Crippen molar-refractivity contribution in [2.75, 3.05) is 0 Å². The number of benzene rings is 1. The maximum absolute atomic E-state index is 11.8. The first-order valence-corrected chi connectivity index (χ1v) is 6.24. The molecule has 0 aromatic heterocycles. The number of nitrogens with two attached hydrogens (primary N) is 1. The Morgan fingerprint density at radius 3 is 2.48 bits per heavy atom. The van der Waals surface area contributed by atoms with Crippen LogP contribution in [0.3, 0.4) is 0 Å². The van der Waals surface area contributed by atoms with Gasteiger partial charge in [0.25, 0.3) is 5.91 Å². The molecule has 8 nitrogen and oxygen atoms in total. The molecule has 0 heterocycles. The molecule has 114 valence electrons. The number of ether oxygens (including phenoxy) is 1. The molecule has 0 radical (unpaired) electrons. The zero-order chi connectivity index (χ0) is 16.2. The van der Waals surface area contributed by atoms with Crippen LogP contribution in [0.2, 0.25) is 0 Å². The monoisotopic (exact) mass is 295 g/mol. The number of carbonyl (C=O) groups excluding carboxylic acids is 2. The number of primary amides is 1. The molecular formula is C13H17N3O5. The van der Waals surface area contributed by atoms with E-state index in [1.165, 1.54) is 12.1 Å². The van der Waals surface area contributed by atoms with Crippen LogP contribution in [0.25, 0.3) is 0 Å². The molecule has 0 unspecified atom stereocenters. The van der Waals surface area contributed by atoms with Gasteiger partial charge >= 0.3 is 11.7 Å². The van der Waals surface area contributed by atoms with Gasteiger partial charge in [0.2, 0.25) is 0 Å². The van der Waals surface area contributed by atoms with E-state index in [9.17, 15) is 19.7 Å². The molecule has 0 aliphatic rings. The van der Waals surface area contributed by atoms with E-state index in [-0.39, 0.29) is 17.4 Å². The summed E-state index contributed by atoms with van der Waals surface area (Å²) >= 11 is 0. The van der Waals surface area contributed by atoms with E-state index in [2.05, 4.69) is 0 Å². The van der Waals surface area contributed by atoms with Crippen molar-refractivity contribution in [1.29, 1.82) is 0 Å². The summed E-state index contributed by atoms with van der Waals surface area (Å²) < 4.78 is 5.42. The average molecular weight is 295 g/mol. The smallest absolute Gasteiger partial charge is 0.318 e. The van der Waals surface area contributed by atoms with E-state index in [4.69, 9.17) is 10.5 Å². The molecule has 1 aromatic carbocycles. The molecule has 0 fully saturated rings. The number of nitro groups is 1. The van der Waals surface area contributed by atoms with Gasteiger partial charge in [-0.15, -0.1) is 0 Å². The van der Waals surface area contributed by atoms with Crippen molar-refractivity contribution in [1.82, 2.24) is 5.32 Å². The molecule has 0 aliphatic heterocycles. The average Bonchev–Trinajstić information content (AvgIpc) is 2.35. The molecule has 3 amide bonds. The Morgan fingerprint density at radius 1 is 1.38 bits per heavy atom. The summed E-state index contributed by atoms with van der Waals surface area (Å²) in [6, 6.07) is 3.39. The molecule has 0 spiro atoms. The fourth-order valence-electron chi connectivity index (χ4n) is 1.69. The van der Waals surface area contributed by atoms with Gasteiger partial charge in [0.15, 0.2) is 11.9 Å². The zero-order valence-corrected chi connectivity index (χ0v) is 12.0. The van der Waals surface area contributed by atoms with Crippen LogP contribution in [0.4, 0.5) is 10.5 Å². The first kappa shape index (κ1) is 16.4. The molecule has 0 saturated heterocycles. The van der Waals surface area contributed by atoms with Crippen molar-refractivity contribution >= 4 is 17.6 Å². The van der Waals surface area contributed by atoms with E-state index < -0.39 is 23.0 Å². The number of aryl methyl sites for hydroxylation is 1. The Morgan fingerprint density at radius 2 is 2.00 bits per heavy atom. The third-order valence-electron chi connectivity index (χ3n) is 2.68. The minimum absolute atomic E-state index is 0.0380. The Labute approximate surface area is 121 Å². The lowest BCUT2D eigenvalue weighted by molar-refractivity contribution is -0.386. The number of hydrogen-bond donors (Lipinski definition) is 2. The van der Waals surface area contributed by atoms with Crippen molar-refractivity contribution in [3.05, 3.63) is 33.9 Å². The SMILES string of the molecule is Cc1ccc(O[C@@H](C(=O)NC(N)=O)C(C)C)c([N+](=O)[O-])c1. The van der Waals surface area contributed by atoms with Gasteiger partial charge in [0.1, 0.15) is 0 Å². The number of nitrogens with one attached hydrogen (secondary N) is 1. The van der Waals surface area contributed by atoms with Gasteiger partial charge in [0, 0.05) is 6.07 Å². The topological polar surface area (TPSA) is 125 Å². The number of nitrogens with zero attached hydrogens (tertiary/aromatic N) is 1. The van der Waals surface area contributed by atoms with Gasteiger partial charge in [-0.2, -0.15) is 0 Å². The highest BCUT2D eigenvalue weighted by Gasteiger charge is 2.28. The Hall–Kier alpha value is -2.64. The molecule has 0 saturated carbocycles. The molecule has 1 rings (SSSR count). The lowest BCUT2D eigenvalue weighted by Gasteiger charge is -2.21. The van der Waals surface area contributed by atoms with Crippen LogP contribution >= 0.6 is 0 Å². The number of nitro benzene ring substituents is 1. The van der Waals surface area contributed by atoms with Crippen LogP contribution in [-0.2, 0) is 4.79 Å². The van der Waals surface area contributed by atoms with Crippen molar-refractivity contribution in [3.8, 4) is 5.75 Å². The van der Waals surface area contributed by atoms with Gasteiger partial charge in [-0.05, 0) is 24.5 Å². The highest BCUT2D eigenvalue weighted by molar-refractivity contribution is 5.96. The third-order valence-corrected chi connectivity index (χ3v) is 2.68. The summed E-state index contributed by atoms with van der Waals surface area (Å²) in [6.45, 7) is 5.08. The summed E-state index contributed by atoms with van der Waals surface area (Å²) in [6.07, 6.45) is -1.07. The predicted octanol–water partition coefficient (Wildman–Crippen LogP) is 1.50. The molecule has 21 heavy (non-hydrogen) atoms. The van der Waals surface area contributed by atoms with E-state index in [1.807, 2.05) is 5.32 Å². The third kappa shape index (κ3) is 4.44. The maximum atomic E-state index is 11.8. The number of hydrogen-bond acceptors (Lipinski definition) is 5. The van der Waals surface area contributed by atoms with Gasteiger partial charge in [-0.25, -0.2) is 4.79 Å². The minimum atomic E-state index is -1.07. The lowest BCUT2D eigenvalue weighted by atomic mass is 10.1. The second-order valence-electron chi connectivity index (χ2n) is 4.86. The number of urea groups is 1. The second kappa shape index (κ2) is 6.69. The standard InChI is InChI=1S/C13H17N3O5/c1-7(2)11(12(17)15-13(14)18)21-10-5-4-8(3)6-9(10)16(19)20/h4-7,11H,1-3H3,(H3,14,15,17,18)/t11-/m1/s1. The fraction of sp³-hybridized carbons (Fsp3) is 0.385. The van der Waals surface area contributed by atoms with E-state index >= 15 is 0 Å². The summed E-state index contributed by atoms with van der Waals surface area (Å²) in [7, 11) is 0. The highest BCUT2D eigenvalue weighted by Crippen LogP contribution is 2.29. The Bertz CT molecular complexity index is 571. The van der Waals surface area contributed by atoms with Crippen LogP contribution in [0.5, 0.6) is 5.75 Å². The number of amides is 3. The van der Waals surface area contributed by atoms with Gasteiger partial charge in [0.05, 0.1) is 4.92 Å².